The lowest BCUT2D eigenvalue weighted by molar-refractivity contribution is -0.183. The van der Waals surface area contributed by atoms with Crippen LogP contribution in [0.25, 0.3) is 0 Å². The van der Waals surface area contributed by atoms with Crippen LogP contribution in [0.4, 0.5) is 0 Å². The molecule has 0 bridgehead atoms. The van der Waals surface area contributed by atoms with E-state index in [0.29, 0.717) is 29.1 Å². The van der Waals surface area contributed by atoms with Gasteiger partial charge in [0, 0.05) is 19.1 Å². The van der Waals surface area contributed by atoms with Gasteiger partial charge in [-0.1, -0.05) is 20.8 Å². The number of rotatable bonds is 1. The molecule has 0 amide bonds. The van der Waals surface area contributed by atoms with Gasteiger partial charge in [-0.05, 0) is 104 Å². The summed E-state index contributed by atoms with van der Waals surface area (Å²) in [7, 11) is 0. The first-order valence-corrected chi connectivity index (χ1v) is 13.6. The summed E-state index contributed by atoms with van der Waals surface area (Å²) in [5.41, 5.74) is 0.0750. The molecule has 32 heavy (non-hydrogen) atoms. The number of aliphatic hydroxyl groups is 3. The second-order valence-corrected chi connectivity index (χ2v) is 13.3. The SMILES string of the molecule is C[C@H]1C2C(CC3C4CC[C@H]5C[C@@H](O)CC[C@]5(C)C4CC[C@@]32C)OC12NC[C@@H](CO)C[C@@H]2O. The van der Waals surface area contributed by atoms with Crippen molar-refractivity contribution in [2.75, 3.05) is 13.2 Å². The van der Waals surface area contributed by atoms with Crippen molar-refractivity contribution in [1.82, 2.24) is 5.32 Å². The first-order valence-electron chi connectivity index (χ1n) is 13.6. The molecule has 182 valence electrons. The minimum Gasteiger partial charge on any atom is -0.396 e. The van der Waals surface area contributed by atoms with Crippen LogP contribution in [0.1, 0.15) is 78.6 Å². The summed E-state index contributed by atoms with van der Waals surface area (Å²) >= 11 is 0. The van der Waals surface area contributed by atoms with Crippen molar-refractivity contribution in [2.24, 2.45) is 52.3 Å². The highest BCUT2D eigenvalue weighted by Crippen LogP contribution is 2.71. The molecular weight excluding hydrogens is 402 g/mol. The molecule has 1 spiro atoms. The normalized spacial score (nSPS) is 61.7. The monoisotopic (exact) mass is 447 g/mol. The van der Waals surface area contributed by atoms with Crippen LogP contribution in [0.5, 0.6) is 0 Å². The third-order valence-corrected chi connectivity index (χ3v) is 12.3. The maximum atomic E-state index is 11.1. The van der Waals surface area contributed by atoms with E-state index in [1.165, 1.54) is 32.1 Å². The Morgan fingerprint density at radius 1 is 0.938 bits per heavy atom. The maximum absolute atomic E-state index is 11.1. The van der Waals surface area contributed by atoms with Crippen molar-refractivity contribution < 1.29 is 20.1 Å². The summed E-state index contributed by atoms with van der Waals surface area (Å²) in [6.07, 6.45) is 9.84. The fraction of sp³-hybridized carbons (Fsp3) is 1.00. The maximum Gasteiger partial charge on any atom is 0.148 e. The quantitative estimate of drug-likeness (QED) is 0.496. The van der Waals surface area contributed by atoms with Crippen LogP contribution >= 0.6 is 0 Å². The van der Waals surface area contributed by atoms with Gasteiger partial charge in [-0.25, -0.2) is 0 Å². The van der Waals surface area contributed by atoms with Gasteiger partial charge in [0.2, 0.25) is 0 Å². The Balaban J connectivity index is 1.25. The first-order chi connectivity index (χ1) is 15.2. The van der Waals surface area contributed by atoms with Gasteiger partial charge in [-0.3, -0.25) is 5.32 Å². The Hall–Kier alpha value is -0.200. The van der Waals surface area contributed by atoms with Crippen LogP contribution in [-0.2, 0) is 4.74 Å². The lowest BCUT2D eigenvalue weighted by Crippen LogP contribution is -2.64. The average molecular weight is 448 g/mol. The summed E-state index contributed by atoms with van der Waals surface area (Å²) in [4.78, 5) is 0. The highest BCUT2D eigenvalue weighted by Gasteiger charge is 2.70. The molecule has 6 fully saturated rings. The molecule has 13 atom stereocenters. The van der Waals surface area contributed by atoms with Crippen molar-refractivity contribution in [1.29, 1.82) is 0 Å². The van der Waals surface area contributed by atoms with E-state index in [1.807, 2.05) is 0 Å². The zero-order chi connectivity index (χ0) is 22.5. The minimum absolute atomic E-state index is 0.0744. The smallest absolute Gasteiger partial charge is 0.148 e. The lowest BCUT2D eigenvalue weighted by atomic mass is 9.44. The molecule has 6 unspecified atom stereocenters. The molecule has 5 heteroatoms. The molecular formula is C27H45NO4. The summed E-state index contributed by atoms with van der Waals surface area (Å²) < 4.78 is 6.84. The molecule has 0 aromatic heterocycles. The number of nitrogens with one attached hydrogen (secondary N) is 1. The van der Waals surface area contributed by atoms with Crippen LogP contribution < -0.4 is 5.32 Å². The zero-order valence-electron chi connectivity index (χ0n) is 20.3. The molecule has 0 aromatic rings. The molecule has 6 rings (SSSR count). The lowest BCUT2D eigenvalue weighted by Gasteiger charge is -2.61. The standard InChI is InChI=1S/C27H45NO4/c1-15-24-22(32-27(15)23(31)10-16(14-29)13-28-27)12-21-19-5-4-17-11-18(30)6-8-25(17,2)20(19)7-9-26(21,24)3/h15-24,28-31H,4-14H2,1-3H3/t15-,16-,17-,18-,19?,20?,21?,22?,23-,24?,25-,26-,27?/m0/s1. The zero-order valence-corrected chi connectivity index (χ0v) is 20.3. The summed E-state index contributed by atoms with van der Waals surface area (Å²) in [6.45, 7) is 8.30. The van der Waals surface area contributed by atoms with Gasteiger partial charge in [0.25, 0.3) is 0 Å². The molecule has 2 heterocycles. The van der Waals surface area contributed by atoms with Gasteiger partial charge in [0.15, 0.2) is 0 Å². The number of hydrogen-bond acceptors (Lipinski definition) is 5. The fourth-order valence-electron chi connectivity index (χ4n) is 10.6. The first kappa shape index (κ1) is 22.3. The number of hydrogen-bond donors (Lipinski definition) is 4. The Morgan fingerprint density at radius 3 is 2.47 bits per heavy atom. The van der Waals surface area contributed by atoms with Crippen LogP contribution in [-0.4, -0.2) is 52.5 Å². The molecule has 2 aliphatic heterocycles. The van der Waals surface area contributed by atoms with E-state index in [4.69, 9.17) is 4.74 Å². The van der Waals surface area contributed by atoms with Gasteiger partial charge in [-0.2, -0.15) is 0 Å². The largest absolute Gasteiger partial charge is 0.396 e. The van der Waals surface area contributed by atoms with Crippen molar-refractivity contribution in [3.05, 3.63) is 0 Å². The van der Waals surface area contributed by atoms with Crippen LogP contribution in [0.15, 0.2) is 0 Å². The number of aliphatic hydroxyl groups excluding tert-OH is 3. The van der Waals surface area contributed by atoms with Crippen LogP contribution in [0, 0.1) is 52.3 Å². The highest BCUT2D eigenvalue weighted by atomic mass is 16.5. The third kappa shape index (κ3) is 2.81. The molecule has 5 nitrogen and oxygen atoms in total. The summed E-state index contributed by atoms with van der Waals surface area (Å²) in [5, 5.41) is 34.6. The van der Waals surface area contributed by atoms with Gasteiger partial charge < -0.3 is 20.1 Å². The number of ether oxygens (including phenoxy) is 1. The summed E-state index contributed by atoms with van der Waals surface area (Å²) in [5.74, 6) is 3.94. The molecule has 2 saturated heterocycles. The van der Waals surface area contributed by atoms with E-state index >= 15 is 0 Å². The van der Waals surface area contributed by atoms with Crippen LogP contribution in [0.2, 0.25) is 0 Å². The van der Waals surface area contributed by atoms with Crippen molar-refractivity contribution >= 4 is 0 Å². The van der Waals surface area contributed by atoms with E-state index < -0.39 is 11.8 Å². The van der Waals surface area contributed by atoms with Gasteiger partial charge in [0.05, 0.1) is 18.3 Å². The van der Waals surface area contributed by atoms with Gasteiger partial charge in [-0.15, -0.1) is 0 Å². The van der Waals surface area contributed by atoms with Crippen molar-refractivity contribution in [3.8, 4) is 0 Å². The minimum atomic E-state index is -0.630. The highest BCUT2D eigenvalue weighted by molar-refractivity contribution is 5.17. The fourth-order valence-corrected chi connectivity index (χ4v) is 10.6. The average Bonchev–Trinajstić information content (AvgIpc) is 3.22. The van der Waals surface area contributed by atoms with E-state index in [-0.39, 0.29) is 30.7 Å². The molecule has 4 saturated carbocycles. The second kappa shape index (κ2) is 7.40. The molecule has 0 aromatic carbocycles. The second-order valence-electron chi connectivity index (χ2n) is 13.3. The van der Waals surface area contributed by atoms with Crippen molar-refractivity contribution in [3.63, 3.8) is 0 Å². The van der Waals surface area contributed by atoms with Gasteiger partial charge >= 0.3 is 0 Å². The molecule has 4 aliphatic carbocycles. The molecule has 4 N–H and O–H groups in total. The van der Waals surface area contributed by atoms with Crippen LogP contribution in [0.3, 0.4) is 0 Å². The van der Waals surface area contributed by atoms with Crippen molar-refractivity contribution in [2.45, 2.75) is 103 Å². The Bertz CT molecular complexity index is 747. The Morgan fingerprint density at radius 2 is 1.72 bits per heavy atom. The molecule has 0 radical (unpaired) electrons. The number of fused-ring (bicyclic) bond motifs is 7. The number of piperidine rings is 1. The Labute approximate surface area is 193 Å². The van der Waals surface area contributed by atoms with Gasteiger partial charge in [0.1, 0.15) is 5.72 Å². The third-order valence-electron chi connectivity index (χ3n) is 12.3. The molecule has 6 aliphatic rings. The van der Waals surface area contributed by atoms with E-state index in [9.17, 15) is 15.3 Å². The summed E-state index contributed by atoms with van der Waals surface area (Å²) in [6, 6.07) is 0. The van der Waals surface area contributed by atoms with E-state index in [2.05, 4.69) is 26.1 Å². The van der Waals surface area contributed by atoms with E-state index in [0.717, 1.165) is 43.6 Å². The predicted octanol–water partition coefficient (Wildman–Crippen LogP) is 3.31. The Kier molecular flexibility index (Phi) is 5.15. The predicted molar refractivity (Wildman–Crippen MR) is 123 cm³/mol. The topological polar surface area (TPSA) is 82.0 Å². The van der Waals surface area contributed by atoms with E-state index in [1.54, 1.807) is 0 Å².